The van der Waals surface area contributed by atoms with Crippen molar-refractivity contribution < 1.29 is 28.5 Å². The third kappa shape index (κ3) is 2.07. The number of hydrogen-bond acceptors (Lipinski definition) is 6. The predicted molar refractivity (Wildman–Crippen MR) is 96.6 cm³/mol. The van der Waals surface area contributed by atoms with Crippen LogP contribution in [0.3, 0.4) is 0 Å². The molecule has 2 aliphatic heterocycles. The summed E-state index contributed by atoms with van der Waals surface area (Å²) in [5.74, 6) is 2.47. The molecule has 3 aliphatic rings. The van der Waals surface area contributed by atoms with Crippen molar-refractivity contribution >= 4 is 11.4 Å². The van der Waals surface area contributed by atoms with E-state index in [1.165, 1.54) is 0 Å². The summed E-state index contributed by atoms with van der Waals surface area (Å²) < 4.78 is 27.3. The Balaban J connectivity index is 1.69. The molecule has 0 bridgehead atoms. The average Bonchev–Trinajstić information content (AvgIpc) is 3.36. The fraction of sp³-hybridized carbons (Fsp3) is 0.286. The number of fused-ring (bicyclic) bond motifs is 3. The van der Waals surface area contributed by atoms with Crippen LogP contribution in [-0.2, 0) is 16.8 Å². The Morgan fingerprint density at radius 1 is 0.963 bits per heavy atom. The summed E-state index contributed by atoms with van der Waals surface area (Å²) in [6.45, 7) is 6.83. The Labute approximate surface area is 156 Å². The molecule has 0 spiro atoms. The second kappa shape index (κ2) is 5.50. The standard InChI is InChI=1S/C21H18O6/c1-11-13-5-17-18(26-10-25-17)6-14(13)20(22)21(11,2)15-7-19-16(24-9-27-19)4-12(15)8-23-3/h4-7H,1,8-10H2,2-3H3. The van der Waals surface area contributed by atoms with E-state index in [0.29, 0.717) is 35.2 Å². The number of ether oxygens (including phenoxy) is 5. The largest absolute Gasteiger partial charge is 0.454 e. The zero-order chi connectivity index (χ0) is 18.8. The average molecular weight is 366 g/mol. The van der Waals surface area contributed by atoms with Crippen LogP contribution in [0.4, 0.5) is 0 Å². The van der Waals surface area contributed by atoms with Crippen LogP contribution in [0.5, 0.6) is 23.0 Å². The molecule has 2 aromatic carbocycles. The Bertz CT molecular complexity index is 963. The minimum absolute atomic E-state index is 0.0305. The predicted octanol–water partition coefficient (Wildman–Crippen LogP) is 3.46. The Kier molecular flexibility index (Phi) is 3.30. The molecule has 6 heteroatoms. The van der Waals surface area contributed by atoms with Crippen molar-refractivity contribution in [2.75, 3.05) is 20.7 Å². The maximum absolute atomic E-state index is 13.5. The summed E-state index contributed by atoms with van der Waals surface area (Å²) >= 11 is 0. The minimum Gasteiger partial charge on any atom is -0.454 e. The van der Waals surface area contributed by atoms with Gasteiger partial charge in [-0.15, -0.1) is 0 Å². The molecule has 0 N–H and O–H groups in total. The highest BCUT2D eigenvalue weighted by atomic mass is 16.7. The van der Waals surface area contributed by atoms with Gasteiger partial charge in [-0.05, 0) is 53.5 Å². The smallest absolute Gasteiger partial charge is 0.231 e. The lowest BCUT2D eigenvalue weighted by atomic mass is 9.74. The first-order valence-corrected chi connectivity index (χ1v) is 8.64. The number of carbonyl (C=O) groups is 1. The summed E-state index contributed by atoms with van der Waals surface area (Å²) in [6, 6.07) is 7.33. The monoisotopic (exact) mass is 366 g/mol. The summed E-state index contributed by atoms with van der Waals surface area (Å²) in [7, 11) is 1.62. The summed E-state index contributed by atoms with van der Waals surface area (Å²) in [4.78, 5) is 13.5. The van der Waals surface area contributed by atoms with Crippen molar-refractivity contribution in [2.24, 2.45) is 0 Å². The van der Waals surface area contributed by atoms with E-state index in [1.54, 1.807) is 13.2 Å². The Morgan fingerprint density at radius 3 is 2.15 bits per heavy atom. The maximum Gasteiger partial charge on any atom is 0.231 e. The van der Waals surface area contributed by atoms with Crippen LogP contribution in [0.25, 0.3) is 5.57 Å². The van der Waals surface area contributed by atoms with Crippen molar-refractivity contribution in [3.63, 3.8) is 0 Å². The molecule has 138 valence electrons. The van der Waals surface area contributed by atoms with Gasteiger partial charge in [0, 0.05) is 12.7 Å². The van der Waals surface area contributed by atoms with Crippen molar-refractivity contribution in [1.82, 2.24) is 0 Å². The van der Waals surface area contributed by atoms with Gasteiger partial charge in [-0.3, -0.25) is 4.79 Å². The van der Waals surface area contributed by atoms with Gasteiger partial charge >= 0.3 is 0 Å². The van der Waals surface area contributed by atoms with Crippen molar-refractivity contribution in [3.05, 3.63) is 53.1 Å². The molecule has 0 fully saturated rings. The number of hydrogen-bond donors (Lipinski definition) is 0. The molecule has 1 atom stereocenters. The van der Waals surface area contributed by atoms with Gasteiger partial charge in [0.25, 0.3) is 0 Å². The third-order valence-corrected chi connectivity index (χ3v) is 5.58. The zero-order valence-electron chi connectivity index (χ0n) is 15.1. The Hall–Kier alpha value is -2.99. The van der Waals surface area contributed by atoms with Crippen LogP contribution in [0.2, 0.25) is 0 Å². The topological polar surface area (TPSA) is 63.2 Å². The second-order valence-corrected chi connectivity index (χ2v) is 6.98. The fourth-order valence-electron chi connectivity index (χ4n) is 4.06. The third-order valence-electron chi connectivity index (χ3n) is 5.58. The molecule has 0 saturated carbocycles. The highest BCUT2D eigenvalue weighted by molar-refractivity contribution is 6.20. The first-order chi connectivity index (χ1) is 13.0. The van der Waals surface area contributed by atoms with E-state index in [9.17, 15) is 4.79 Å². The van der Waals surface area contributed by atoms with E-state index >= 15 is 0 Å². The van der Waals surface area contributed by atoms with Gasteiger partial charge in [-0.2, -0.15) is 0 Å². The molecule has 5 rings (SSSR count). The highest BCUT2D eigenvalue weighted by Gasteiger charge is 2.48. The van der Waals surface area contributed by atoms with E-state index in [4.69, 9.17) is 23.7 Å². The van der Waals surface area contributed by atoms with Crippen LogP contribution < -0.4 is 18.9 Å². The van der Waals surface area contributed by atoms with Crippen molar-refractivity contribution in [1.29, 1.82) is 0 Å². The van der Waals surface area contributed by atoms with Crippen molar-refractivity contribution in [2.45, 2.75) is 18.9 Å². The number of methoxy groups -OCH3 is 1. The van der Waals surface area contributed by atoms with Crippen LogP contribution >= 0.6 is 0 Å². The molecule has 0 amide bonds. The van der Waals surface area contributed by atoms with Gasteiger partial charge in [0.05, 0.1) is 12.0 Å². The molecule has 27 heavy (non-hydrogen) atoms. The van der Waals surface area contributed by atoms with E-state index < -0.39 is 5.41 Å². The van der Waals surface area contributed by atoms with E-state index in [-0.39, 0.29) is 19.4 Å². The van der Waals surface area contributed by atoms with E-state index in [0.717, 1.165) is 22.3 Å². The summed E-state index contributed by atoms with van der Waals surface area (Å²) in [5, 5.41) is 0. The minimum atomic E-state index is -0.938. The second-order valence-electron chi connectivity index (χ2n) is 6.98. The molecular weight excluding hydrogens is 348 g/mol. The number of Topliss-reactive ketones (excluding diaryl/α,β-unsaturated/α-hetero) is 1. The summed E-state index contributed by atoms with van der Waals surface area (Å²) in [6.07, 6.45) is 0. The number of carbonyl (C=O) groups excluding carboxylic acids is 1. The lowest BCUT2D eigenvalue weighted by molar-refractivity contribution is 0.0940. The van der Waals surface area contributed by atoms with E-state index in [2.05, 4.69) is 6.58 Å². The van der Waals surface area contributed by atoms with Crippen LogP contribution in [0.15, 0.2) is 30.8 Å². The van der Waals surface area contributed by atoms with Gasteiger partial charge in [0.2, 0.25) is 13.6 Å². The SMILES string of the molecule is C=C1c2cc3c(cc2C(=O)C1(C)c1cc2c(cc1COC)OCO2)OCO3. The van der Waals surface area contributed by atoms with Gasteiger partial charge in [0.15, 0.2) is 28.8 Å². The lowest BCUT2D eigenvalue weighted by Gasteiger charge is -2.27. The molecular formula is C21H18O6. The van der Waals surface area contributed by atoms with Gasteiger partial charge < -0.3 is 23.7 Å². The molecule has 1 unspecified atom stereocenters. The number of benzene rings is 2. The van der Waals surface area contributed by atoms with Gasteiger partial charge in [-0.25, -0.2) is 0 Å². The number of ketones is 1. The molecule has 1 aliphatic carbocycles. The van der Waals surface area contributed by atoms with Gasteiger partial charge in [-0.1, -0.05) is 6.58 Å². The molecule has 2 aromatic rings. The first-order valence-electron chi connectivity index (χ1n) is 8.64. The maximum atomic E-state index is 13.5. The molecule has 0 aromatic heterocycles. The number of rotatable bonds is 3. The van der Waals surface area contributed by atoms with E-state index in [1.807, 2.05) is 25.1 Å². The molecule has 0 saturated heterocycles. The zero-order valence-corrected chi connectivity index (χ0v) is 15.1. The first kappa shape index (κ1) is 16.2. The van der Waals surface area contributed by atoms with Crippen LogP contribution in [-0.4, -0.2) is 26.5 Å². The Morgan fingerprint density at radius 2 is 1.52 bits per heavy atom. The molecule has 2 heterocycles. The fourth-order valence-corrected chi connectivity index (χ4v) is 4.06. The molecule has 6 nitrogen and oxygen atoms in total. The highest BCUT2D eigenvalue weighted by Crippen LogP contribution is 2.53. The quantitative estimate of drug-likeness (QED) is 0.829. The van der Waals surface area contributed by atoms with Gasteiger partial charge in [0.1, 0.15) is 0 Å². The lowest BCUT2D eigenvalue weighted by Crippen LogP contribution is -2.29. The van der Waals surface area contributed by atoms with Crippen LogP contribution in [0.1, 0.15) is 34.0 Å². The number of allylic oxidation sites excluding steroid dienone is 1. The summed E-state index contributed by atoms with van der Waals surface area (Å²) in [5.41, 5.74) is 2.83. The molecule has 0 radical (unpaired) electrons. The van der Waals surface area contributed by atoms with Crippen LogP contribution in [0, 0.1) is 0 Å². The normalized spacial score (nSPS) is 21.7. The van der Waals surface area contributed by atoms with Crippen molar-refractivity contribution in [3.8, 4) is 23.0 Å².